The molecule has 82 valence electrons. The first-order chi connectivity index (χ1) is 6.95. The number of aromatic nitrogens is 1. The summed E-state index contributed by atoms with van der Waals surface area (Å²) >= 11 is 5.74. The highest BCUT2D eigenvalue weighted by molar-refractivity contribution is 6.17. The molecule has 1 heterocycles. The summed E-state index contributed by atoms with van der Waals surface area (Å²) in [5.74, 6) is 0.827. The van der Waals surface area contributed by atoms with E-state index in [9.17, 15) is 4.79 Å². The van der Waals surface area contributed by atoms with Crippen molar-refractivity contribution >= 4 is 23.3 Å². The normalized spacial score (nSPS) is 11.2. The quantitative estimate of drug-likeness (QED) is 0.788. The van der Waals surface area contributed by atoms with E-state index in [1.807, 2.05) is 26.8 Å². The summed E-state index contributed by atoms with van der Waals surface area (Å²) in [4.78, 5) is 15.8. The maximum atomic E-state index is 11.7. The molecular formula is C11H15ClN2O. The van der Waals surface area contributed by atoms with Gasteiger partial charge in [-0.2, -0.15) is 0 Å². The number of nitrogens with zero attached hydrogens (tertiary/aromatic N) is 1. The fraction of sp³-hybridized carbons (Fsp3) is 0.455. The Morgan fingerprint density at radius 3 is 2.73 bits per heavy atom. The second kappa shape index (κ2) is 4.62. The molecular weight excluding hydrogens is 212 g/mol. The van der Waals surface area contributed by atoms with Crippen molar-refractivity contribution in [2.24, 2.45) is 5.41 Å². The lowest BCUT2D eigenvalue weighted by molar-refractivity contribution is -0.123. The van der Waals surface area contributed by atoms with Crippen LogP contribution in [0.25, 0.3) is 0 Å². The Morgan fingerprint density at radius 1 is 1.53 bits per heavy atom. The van der Waals surface area contributed by atoms with E-state index in [0.29, 0.717) is 11.7 Å². The molecule has 1 rings (SSSR count). The Hall–Kier alpha value is -1.09. The van der Waals surface area contributed by atoms with Gasteiger partial charge in [-0.1, -0.05) is 26.8 Å². The van der Waals surface area contributed by atoms with Crippen LogP contribution in [0.2, 0.25) is 0 Å². The minimum absolute atomic E-state index is 0.0624. The van der Waals surface area contributed by atoms with Crippen molar-refractivity contribution in [3.05, 3.63) is 23.9 Å². The Kier molecular flexibility index (Phi) is 3.69. The fourth-order valence-corrected chi connectivity index (χ4v) is 1.17. The molecule has 3 nitrogen and oxygen atoms in total. The Morgan fingerprint density at radius 2 is 2.20 bits per heavy atom. The van der Waals surface area contributed by atoms with E-state index in [0.717, 1.165) is 5.56 Å². The van der Waals surface area contributed by atoms with Crippen LogP contribution in [0.5, 0.6) is 0 Å². The zero-order valence-corrected chi connectivity index (χ0v) is 9.93. The molecule has 0 unspecified atom stereocenters. The van der Waals surface area contributed by atoms with Crippen molar-refractivity contribution < 1.29 is 4.79 Å². The predicted octanol–water partition coefficient (Wildman–Crippen LogP) is 2.81. The summed E-state index contributed by atoms with van der Waals surface area (Å²) in [5.41, 5.74) is 0.401. The standard InChI is InChI=1S/C11H15ClN2O/c1-11(2,3)10(15)14-9-8(7-12)5-4-6-13-9/h4-6H,7H2,1-3H3,(H,13,14,15). The van der Waals surface area contributed by atoms with E-state index < -0.39 is 5.41 Å². The molecule has 1 aromatic heterocycles. The van der Waals surface area contributed by atoms with Crippen LogP contribution in [0, 0.1) is 5.41 Å². The molecule has 0 saturated carbocycles. The van der Waals surface area contributed by atoms with Crippen LogP contribution in [0.3, 0.4) is 0 Å². The number of hydrogen-bond donors (Lipinski definition) is 1. The SMILES string of the molecule is CC(C)(C)C(=O)Nc1ncccc1CCl. The van der Waals surface area contributed by atoms with Crippen molar-refractivity contribution in [1.29, 1.82) is 0 Å². The molecule has 1 N–H and O–H groups in total. The van der Waals surface area contributed by atoms with E-state index in [1.165, 1.54) is 0 Å². The molecule has 0 aliphatic carbocycles. The van der Waals surface area contributed by atoms with Crippen molar-refractivity contribution in [2.75, 3.05) is 5.32 Å². The monoisotopic (exact) mass is 226 g/mol. The number of carbonyl (C=O) groups excluding carboxylic acids is 1. The lowest BCUT2D eigenvalue weighted by atomic mass is 9.96. The summed E-state index contributed by atoms with van der Waals surface area (Å²) in [7, 11) is 0. The highest BCUT2D eigenvalue weighted by Gasteiger charge is 2.22. The third-order valence-electron chi connectivity index (χ3n) is 1.95. The average molecular weight is 227 g/mol. The highest BCUT2D eigenvalue weighted by Crippen LogP contribution is 2.19. The number of hydrogen-bond acceptors (Lipinski definition) is 2. The first kappa shape index (κ1) is 12.0. The van der Waals surface area contributed by atoms with Gasteiger partial charge in [-0.25, -0.2) is 4.98 Å². The number of anilines is 1. The van der Waals surface area contributed by atoms with Crippen molar-refractivity contribution in [3.8, 4) is 0 Å². The number of halogens is 1. The third kappa shape index (κ3) is 3.20. The van der Waals surface area contributed by atoms with Gasteiger partial charge in [0.25, 0.3) is 0 Å². The van der Waals surface area contributed by atoms with Crippen LogP contribution in [0.15, 0.2) is 18.3 Å². The number of pyridine rings is 1. The van der Waals surface area contributed by atoms with E-state index >= 15 is 0 Å². The maximum Gasteiger partial charge on any atom is 0.230 e. The smallest absolute Gasteiger partial charge is 0.230 e. The zero-order chi connectivity index (χ0) is 11.5. The number of nitrogens with one attached hydrogen (secondary N) is 1. The lowest BCUT2D eigenvalue weighted by Gasteiger charge is -2.18. The third-order valence-corrected chi connectivity index (χ3v) is 2.24. The molecule has 4 heteroatoms. The van der Waals surface area contributed by atoms with Crippen LogP contribution < -0.4 is 5.32 Å². The van der Waals surface area contributed by atoms with Crippen LogP contribution >= 0.6 is 11.6 Å². The zero-order valence-electron chi connectivity index (χ0n) is 9.17. The average Bonchev–Trinajstić information content (AvgIpc) is 2.17. The molecule has 0 bridgehead atoms. The number of carbonyl (C=O) groups is 1. The van der Waals surface area contributed by atoms with Crippen LogP contribution in [0.4, 0.5) is 5.82 Å². The molecule has 0 aliphatic heterocycles. The molecule has 0 aliphatic rings. The Bertz CT molecular complexity index is 358. The van der Waals surface area contributed by atoms with E-state index in [-0.39, 0.29) is 5.91 Å². The summed E-state index contributed by atoms with van der Waals surface area (Å²) in [6, 6.07) is 3.64. The summed E-state index contributed by atoms with van der Waals surface area (Å²) in [6.07, 6.45) is 1.63. The van der Waals surface area contributed by atoms with E-state index in [1.54, 1.807) is 12.3 Å². The molecule has 0 spiro atoms. The number of rotatable bonds is 2. The van der Waals surface area contributed by atoms with Gasteiger partial charge in [0.15, 0.2) is 0 Å². The summed E-state index contributed by atoms with van der Waals surface area (Å²) < 4.78 is 0. The first-order valence-electron chi connectivity index (χ1n) is 4.76. The van der Waals surface area contributed by atoms with Gasteiger partial charge in [-0.15, -0.1) is 11.6 Å². The van der Waals surface area contributed by atoms with Gasteiger partial charge in [0.2, 0.25) is 5.91 Å². The van der Waals surface area contributed by atoms with Crippen LogP contribution in [-0.4, -0.2) is 10.9 Å². The largest absolute Gasteiger partial charge is 0.310 e. The minimum Gasteiger partial charge on any atom is -0.310 e. The number of amides is 1. The van der Waals surface area contributed by atoms with Crippen molar-refractivity contribution in [2.45, 2.75) is 26.7 Å². The lowest BCUT2D eigenvalue weighted by Crippen LogP contribution is -2.28. The van der Waals surface area contributed by atoms with Crippen LogP contribution in [0.1, 0.15) is 26.3 Å². The molecule has 15 heavy (non-hydrogen) atoms. The van der Waals surface area contributed by atoms with Gasteiger partial charge >= 0.3 is 0 Å². The molecule has 1 aromatic rings. The first-order valence-corrected chi connectivity index (χ1v) is 5.30. The summed E-state index contributed by atoms with van der Waals surface area (Å²) in [5, 5.41) is 2.77. The van der Waals surface area contributed by atoms with E-state index in [2.05, 4.69) is 10.3 Å². The Balaban J connectivity index is 2.85. The van der Waals surface area contributed by atoms with Crippen molar-refractivity contribution in [1.82, 2.24) is 4.98 Å². The van der Waals surface area contributed by atoms with Gasteiger partial charge in [-0.05, 0) is 6.07 Å². The molecule has 0 saturated heterocycles. The maximum absolute atomic E-state index is 11.7. The van der Waals surface area contributed by atoms with E-state index in [4.69, 9.17) is 11.6 Å². The second-order valence-electron chi connectivity index (χ2n) is 4.35. The second-order valence-corrected chi connectivity index (χ2v) is 4.62. The molecule has 0 radical (unpaired) electrons. The summed E-state index contributed by atoms with van der Waals surface area (Å²) in [6.45, 7) is 5.56. The van der Waals surface area contributed by atoms with Crippen LogP contribution in [-0.2, 0) is 10.7 Å². The van der Waals surface area contributed by atoms with Crippen molar-refractivity contribution in [3.63, 3.8) is 0 Å². The topological polar surface area (TPSA) is 42.0 Å². The molecule has 0 atom stereocenters. The molecule has 0 aromatic carbocycles. The molecule has 0 fully saturated rings. The van der Waals surface area contributed by atoms with Gasteiger partial charge in [0.05, 0.1) is 5.88 Å². The predicted molar refractivity (Wildman–Crippen MR) is 61.9 cm³/mol. The van der Waals surface area contributed by atoms with Gasteiger partial charge in [0, 0.05) is 17.2 Å². The highest BCUT2D eigenvalue weighted by atomic mass is 35.5. The number of alkyl halides is 1. The van der Waals surface area contributed by atoms with Gasteiger partial charge in [-0.3, -0.25) is 4.79 Å². The molecule has 1 amide bonds. The van der Waals surface area contributed by atoms with Gasteiger partial charge < -0.3 is 5.32 Å². The fourth-order valence-electron chi connectivity index (χ4n) is 0.954. The minimum atomic E-state index is -0.429. The van der Waals surface area contributed by atoms with Gasteiger partial charge in [0.1, 0.15) is 5.82 Å². The Labute approximate surface area is 94.9 Å².